The molecule has 4 bridgehead atoms. The third-order valence-electron chi connectivity index (χ3n) is 13.4. The van der Waals surface area contributed by atoms with E-state index in [1.165, 1.54) is 18.7 Å². The van der Waals surface area contributed by atoms with Gasteiger partial charge >= 0.3 is 18.0 Å². The van der Waals surface area contributed by atoms with Crippen LogP contribution in [0.25, 0.3) is 0 Å². The number of carbonyl (C=O) groups excluding carboxylic acids is 4. The van der Waals surface area contributed by atoms with E-state index in [1.807, 2.05) is 32.7 Å². The first-order valence-corrected chi connectivity index (χ1v) is 23.2. The third kappa shape index (κ3) is 7.15. The highest BCUT2D eigenvalue weighted by atomic mass is 32.2. The van der Waals surface area contributed by atoms with Crippen LogP contribution in [-0.2, 0) is 30.3 Å². The summed E-state index contributed by atoms with van der Waals surface area (Å²) < 4.78 is 42.4. The molecular formula is C43H52N6O11S2. The topological polar surface area (TPSA) is 199 Å². The number of nitrogens with zero attached hydrogens (tertiary/aromatic N) is 3. The maximum atomic E-state index is 14.1. The number of rotatable bonds is 11. The molecule has 3 N–H and O–H groups in total. The monoisotopic (exact) mass is 892 g/mol. The smallest absolute Gasteiger partial charge is 0.329 e. The van der Waals surface area contributed by atoms with E-state index in [0.29, 0.717) is 58.3 Å². The van der Waals surface area contributed by atoms with Gasteiger partial charge in [0.1, 0.15) is 24.4 Å². The summed E-state index contributed by atoms with van der Waals surface area (Å²) in [6.07, 6.45) is 3.01. The van der Waals surface area contributed by atoms with Crippen molar-refractivity contribution in [3.63, 3.8) is 0 Å². The number of esters is 2. The molecule has 2 aromatic carbocycles. The van der Waals surface area contributed by atoms with Crippen molar-refractivity contribution < 1.29 is 52.3 Å². The van der Waals surface area contributed by atoms with Gasteiger partial charge in [-0.1, -0.05) is 12.5 Å². The van der Waals surface area contributed by atoms with Gasteiger partial charge in [-0.2, -0.15) is 17.0 Å². The number of nitrogens with one attached hydrogen (secondary N) is 3. The zero-order valence-corrected chi connectivity index (χ0v) is 37.2. The minimum Gasteiger partial charge on any atom is -0.493 e. The number of fused-ring (bicyclic) bond motifs is 11. The Hall–Kier alpha value is -4.61. The number of ether oxygens (including phenoxy) is 7. The average Bonchev–Trinajstić information content (AvgIpc) is 3.97. The Bertz CT molecular complexity index is 2220. The van der Waals surface area contributed by atoms with Gasteiger partial charge in [0.25, 0.3) is 0 Å². The van der Waals surface area contributed by atoms with Gasteiger partial charge in [0, 0.05) is 71.5 Å². The number of piperazine rings is 1. The minimum atomic E-state index is -0.996. The molecule has 3 amide bonds. The molecule has 8 aliphatic heterocycles. The largest absolute Gasteiger partial charge is 0.493 e. The van der Waals surface area contributed by atoms with Crippen LogP contribution in [0.4, 0.5) is 4.79 Å². The van der Waals surface area contributed by atoms with Crippen LogP contribution in [-0.4, -0.2) is 128 Å². The minimum absolute atomic E-state index is 0.0300. The number of hydrogen-bond donors (Lipinski definition) is 3. The fourth-order valence-electron chi connectivity index (χ4n) is 10.8. The van der Waals surface area contributed by atoms with Crippen LogP contribution < -0.4 is 39.6 Å². The molecule has 10 atom stereocenters. The summed E-state index contributed by atoms with van der Waals surface area (Å²) in [6, 6.07) is 1.25. The van der Waals surface area contributed by atoms with Crippen molar-refractivity contribution >= 4 is 47.4 Å². The lowest BCUT2D eigenvalue weighted by Gasteiger charge is -2.61. The Morgan fingerprint density at radius 1 is 1.02 bits per heavy atom. The second kappa shape index (κ2) is 17.2. The van der Waals surface area contributed by atoms with Crippen molar-refractivity contribution in [2.45, 2.75) is 112 Å². The average molecular weight is 893 g/mol. The van der Waals surface area contributed by atoms with E-state index >= 15 is 0 Å². The molecule has 4 saturated heterocycles. The number of amides is 3. The summed E-state index contributed by atoms with van der Waals surface area (Å²) in [5.74, 6) is 1.95. The lowest BCUT2D eigenvalue weighted by Crippen LogP contribution is -2.69. The van der Waals surface area contributed by atoms with Gasteiger partial charge in [0.15, 0.2) is 29.8 Å². The van der Waals surface area contributed by atoms with Gasteiger partial charge in [-0.3, -0.25) is 19.4 Å². The number of aryl methyl sites for hydroxylation is 1. The van der Waals surface area contributed by atoms with Gasteiger partial charge in [0.2, 0.25) is 12.7 Å². The Balaban J connectivity index is 1.10. The van der Waals surface area contributed by atoms with Gasteiger partial charge in [0.05, 0.1) is 42.6 Å². The standard InChI is InChI=1S/C43H52N6O11S2/c1-19-11-22-12-25-26(13-44)49-27-14-56-42(52)24(45-29(51)10-8-7-9-28-33-23(15-61-28)46-43(53)47-33)16-62-41(32-31(27)40-38(58-18-59-40)20(2)37(32)60-21(3)50)35(49)34(48(25)4)30(22)39(36(19)55-6)57-17-54-5/h11,23-28,33-35,41H,7-10,12,14-18H2,1-6H3,(H,45,51)(H2,46,47,53)/t23?,24-,25-,26-,27-,28?,33?,34+,35?,41+/m0/s1. The molecule has 19 heteroatoms. The van der Waals surface area contributed by atoms with E-state index < -0.39 is 47.4 Å². The van der Waals surface area contributed by atoms with Crippen LogP contribution in [0.5, 0.6) is 28.7 Å². The zero-order chi connectivity index (χ0) is 43.6. The van der Waals surface area contributed by atoms with Crippen LogP contribution in [0.15, 0.2) is 6.07 Å². The summed E-state index contributed by atoms with van der Waals surface area (Å²) in [7, 11) is 5.19. The maximum absolute atomic E-state index is 14.1. The fourth-order valence-corrected chi connectivity index (χ4v) is 13.9. The maximum Gasteiger partial charge on any atom is 0.329 e. The number of thioether (sulfide) groups is 2. The molecule has 0 aromatic heterocycles. The van der Waals surface area contributed by atoms with Crippen LogP contribution >= 0.6 is 23.5 Å². The summed E-state index contributed by atoms with van der Waals surface area (Å²) >= 11 is 3.27. The van der Waals surface area contributed by atoms with E-state index in [0.717, 1.165) is 35.3 Å². The van der Waals surface area contributed by atoms with Crippen molar-refractivity contribution in [1.29, 1.82) is 5.26 Å². The molecular weight excluding hydrogens is 841 g/mol. The Labute approximate surface area is 368 Å². The Morgan fingerprint density at radius 3 is 2.58 bits per heavy atom. The van der Waals surface area contributed by atoms with E-state index in [-0.39, 0.29) is 67.7 Å². The number of methoxy groups -OCH3 is 2. The van der Waals surface area contributed by atoms with Gasteiger partial charge in [-0.05, 0) is 51.3 Å². The summed E-state index contributed by atoms with van der Waals surface area (Å²) in [4.78, 5) is 56.9. The number of nitriles is 1. The van der Waals surface area contributed by atoms with Crippen molar-refractivity contribution in [2.24, 2.45) is 0 Å². The quantitative estimate of drug-likeness (QED) is 0.0969. The second-order valence-corrected chi connectivity index (χ2v) is 19.3. The normalized spacial score (nSPS) is 30.4. The van der Waals surface area contributed by atoms with Crippen LogP contribution in [0.1, 0.15) is 83.3 Å². The van der Waals surface area contributed by atoms with Crippen molar-refractivity contribution in [1.82, 2.24) is 25.8 Å². The predicted octanol–water partition coefficient (Wildman–Crippen LogP) is 3.72. The highest BCUT2D eigenvalue weighted by Crippen LogP contribution is 2.64. The first-order valence-electron chi connectivity index (χ1n) is 21.1. The summed E-state index contributed by atoms with van der Waals surface area (Å²) in [5.41, 5.74) is 4.72. The van der Waals surface area contributed by atoms with Gasteiger partial charge < -0.3 is 49.1 Å². The van der Waals surface area contributed by atoms with Gasteiger partial charge in [-0.25, -0.2) is 9.59 Å². The molecule has 8 aliphatic rings. The van der Waals surface area contributed by atoms with E-state index in [1.54, 1.807) is 14.2 Å². The SMILES string of the molecule is COCOc1c(OC)c(C)cc2c1[C@@H]1C3[C@@H]4SC[C@H](NC(=O)CCCCC5SCC6NC(=O)NC65)C(=O)OC[C@@H](c5c6c(c(C)c(OC(C)=O)c54)OCO6)N3[C@@H](C#N)[C@H](C2)N1C. The molecule has 0 aliphatic carbocycles. The molecule has 8 heterocycles. The fraction of sp³-hybridized carbons (Fsp3) is 0.605. The molecule has 17 nitrogen and oxygen atoms in total. The Morgan fingerprint density at radius 2 is 1.82 bits per heavy atom. The molecule has 4 unspecified atom stereocenters. The van der Waals surface area contributed by atoms with E-state index in [4.69, 9.17) is 33.2 Å². The Kier molecular flexibility index (Phi) is 11.8. The molecule has 0 spiro atoms. The summed E-state index contributed by atoms with van der Waals surface area (Å²) in [5, 5.41) is 19.9. The molecule has 0 saturated carbocycles. The number of carbonyl (C=O) groups is 4. The van der Waals surface area contributed by atoms with Crippen molar-refractivity contribution in [3.05, 3.63) is 39.4 Å². The lowest BCUT2D eigenvalue weighted by atomic mass is 9.71. The molecule has 332 valence electrons. The highest BCUT2D eigenvalue weighted by molar-refractivity contribution is 8.00. The number of unbranched alkanes of at least 4 members (excludes halogenated alkanes) is 1. The summed E-state index contributed by atoms with van der Waals surface area (Å²) in [6.45, 7) is 4.87. The lowest BCUT2D eigenvalue weighted by molar-refractivity contribution is -0.152. The van der Waals surface area contributed by atoms with Crippen molar-refractivity contribution in [2.75, 3.05) is 53.0 Å². The zero-order valence-electron chi connectivity index (χ0n) is 35.6. The predicted molar refractivity (Wildman–Crippen MR) is 227 cm³/mol. The molecule has 62 heavy (non-hydrogen) atoms. The first-order chi connectivity index (χ1) is 29.9. The van der Waals surface area contributed by atoms with Crippen molar-refractivity contribution in [3.8, 4) is 34.8 Å². The van der Waals surface area contributed by atoms with E-state index in [9.17, 15) is 24.4 Å². The molecule has 2 aromatic rings. The third-order valence-corrected chi connectivity index (χ3v) is 16.3. The number of benzene rings is 2. The van der Waals surface area contributed by atoms with E-state index in [2.05, 4.69) is 37.9 Å². The van der Waals surface area contributed by atoms with Gasteiger partial charge in [-0.15, -0.1) is 11.8 Å². The number of hydrogen-bond acceptors (Lipinski definition) is 16. The van der Waals surface area contributed by atoms with Crippen LogP contribution in [0.3, 0.4) is 0 Å². The number of urea groups is 1. The number of likely N-dealkylation sites (N-methyl/N-ethyl adjacent to an activating group) is 1. The highest BCUT2D eigenvalue weighted by Gasteiger charge is 2.61. The first kappa shape index (κ1) is 42.7. The molecule has 4 fully saturated rings. The van der Waals surface area contributed by atoms with Crippen LogP contribution in [0, 0.1) is 25.2 Å². The second-order valence-electron chi connectivity index (χ2n) is 16.9. The molecule has 0 radical (unpaired) electrons. The van der Waals surface area contributed by atoms with Crippen LogP contribution in [0.2, 0.25) is 0 Å². The molecule has 10 rings (SSSR count).